The van der Waals surface area contributed by atoms with Crippen molar-refractivity contribution in [3.63, 3.8) is 0 Å². The maximum Gasteiger partial charge on any atom is 0.233 e. The van der Waals surface area contributed by atoms with Crippen molar-refractivity contribution in [2.45, 2.75) is 51.6 Å². The smallest absolute Gasteiger partial charge is 0.233 e. The molecule has 1 aliphatic rings. The number of amides is 1. The van der Waals surface area contributed by atoms with Gasteiger partial charge in [0.2, 0.25) is 5.91 Å². The van der Waals surface area contributed by atoms with E-state index in [4.69, 9.17) is 22.7 Å². The van der Waals surface area contributed by atoms with E-state index >= 15 is 0 Å². The molecule has 4 nitrogen and oxygen atoms in total. The molecule has 0 spiro atoms. The van der Waals surface area contributed by atoms with Gasteiger partial charge in [-0.3, -0.25) is 4.79 Å². The molecule has 18 heavy (non-hydrogen) atoms. The third-order valence-electron chi connectivity index (χ3n) is 4.38. The van der Waals surface area contributed by atoms with E-state index in [1.807, 2.05) is 13.8 Å². The summed E-state index contributed by atoms with van der Waals surface area (Å²) in [6, 6.07) is 0. The second kappa shape index (κ2) is 5.97. The maximum absolute atomic E-state index is 12.3. The van der Waals surface area contributed by atoms with Crippen molar-refractivity contribution in [2.75, 3.05) is 13.7 Å². The summed E-state index contributed by atoms with van der Waals surface area (Å²) >= 11 is 5.07. The molecule has 0 aromatic carbocycles. The van der Waals surface area contributed by atoms with Gasteiger partial charge in [-0.25, -0.2) is 0 Å². The first-order valence-electron chi connectivity index (χ1n) is 6.59. The van der Waals surface area contributed by atoms with Crippen molar-refractivity contribution < 1.29 is 9.53 Å². The van der Waals surface area contributed by atoms with Crippen molar-refractivity contribution in [3.8, 4) is 0 Å². The lowest BCUT2D eigenvalue weighted by Gasteiger charge is -2.41. The predicted molar refractivity (Wildman–Crippen MR) is 76.4 cm³/mol. The van der Waals surface area contributed by atoms with Crippen molar-refractivity contribution >= 4 is 23.1 Å². The number of ether oxygens (including phenoxy) is 1. The van der Waals surface area contributed by atoms with E-state index in [0.717, 1.165) is 19.3 Å². The Morgan fingerprint density at radius 1 is 1.44 bits per heavy atom. The largest absolute Gasteiger partial charge is 0.392 e. The van der Waals surface area contributed by atoms with Crippen LogP contribution in [-0.4, -0.2) is 30.2 Å². The number of carbonyl (C=O) groups excluding carboxylic acids is 1. The van der Waals surface area contributed by atoms with Crippen LogP contribution in [0.15, 0.2) is 0 Å². The first-order valence-corrected chi connectivity index (χ1v) is 7.00. The molecule has 0 saturated heterocycles. The second-order valence-electron chi connectivity index (χ2n) is 5.08. The molecular weight excluding hydrogens is 248 g/mol. The van der Waals surface area contributed by atoms with Crippen LogP contribution in [0, 0.1) is 5.41 Å². The van der Waals surface area contributed by atoms with E-state index in [-0.39, 0.29) is 16.5 Å². The quantitative estimate of drug-likeness (QED) is 0.693. The summed E-state index contributed by atoms with van der Waals surface area (Å²) in [5.41, 5.74) is 4.87. The predicted octanol–water partition coefficient (Wildman–Crippen LogP) is 1.76. The van der Waals surface area contributed by atoms with Crippen molar-refractivity contribution in [1.29, 1.82) is 0 Å². The van der Waals surface area contributed by atoms with Crippen LogP contribution in [0.25, 0.3) is 0 Å². The van der Waals surface area contributed by atoms with Crippen LogP contribution in [0.2, 0.25) is 0 Å². The molecule has 0 bridgehead atoms. The van der Waals surface area contributed by atoms with E-state index in [1.165, 1.54) is 0 Å². The molecule has 0 atom stereocenters. The van der Waals surface area contributed by atoms with Crippen LogP contribution in [-0.2, 0) is 9.53 Å². The topological polar surface area (TPSA) is 64.3 Å². The Morgan fingerprint density at radius 2 is 2.00 bits per heavy atom. The SMILES string of the molecule is CCC(CC)(C(=O)NCC1(OC)CCC1)C(N)=S. The Morgan fingerprint density at radius 3 is 2.28 bits per heavy atom. The molecule has 1 rings (SSSR count). The van der Waals surface area contributed by atoms with Gasteiger partial charge in [0.25, 0.3) is 0 Å². The lowest BCUT2D eigenvalue weighted by molar-refractivity contribution is -0.131. The Bertz CT molecular complexity index is 317. The van der Waals surface area contributed by atoms with Crippen LogP contribution < -0.4 is 11.1 Å². The fourth-order valence-electron chi connectivity index (χ4n) is 2.47. The lowest BCUT2D eigenvalue weighted by Crippen LogP contribution is -2.54. The summed E-state index contributed by atoms with van der Waals surface area (Å²) in [5.74, 6) is -0.0664. The van der Waals surface area contributed by atoms with Crippen LogP contribution in [0.5, 0.6) is 0 Å². The third kappa shape index (κ3) is 2.67. The summed E-state index contributed by atoms with van der Waals surface area (Å²) in [5, 5.41) is 2.97. The van der Waals surface area contributed by atoms with Crippen molar-refractivity contribution in [3.05, 3.63) is 0 Å². The molecule has 3 N–H and O–H groups in total. The summed E-state index contributed by atoms with van der Waals surface area (Å²) < 4.78 is 5.49. The van der Waals surface area contributed by atoms with Gasteiger partial charge in [-0.05, 0) is 32.1 Å². The molecule has 1 aliphatic carbocycles. The van der Waals surface area contributed by atoms with Gasteiger partial charge in [0.05, 0.1) is 16.0 Å². The summed E-state index contributed by atoms with van der Waals surface area (Å²) in [6.07, 6.45) is 4.42. The third-order valence-corrected chi connectivity index (χ3v) is 4.77. The van der Waals surface area contributed by atoms with Crippen LogP contribution in [0.1, 0.15) is 46.0 Å². The van der Waals surface area contributed by atoms with Crippen LogP contribution >= 0.6 is 12.2 Å². The number of hydrogen-bond donors (Lipinski definition) is 2. The maximum atomic E-state index is 12.3. The number of nitrogens with one attached hydrogen (secondary N) is 1. The number of thiocarbonyl (C=S) groups is 1. The Labute approximate surface area is 115 Å². The monoisotopic (exact) mass is 272 g/mol. The number of rotatable bonds is 7. The van der Waals surface area contributed by atoms with E-state index < -0.39 is 5.41 Å². The Kier molecular flexibility index (Phi) is 5.10. The summed E-state index contributed by atoms with van der Waals surface area (Å²) in [4.78, 5) is 12.6. The lowest BCUT2D eigenvalue weighted by atomic mass is 9.78. The minimum atomic E-state index is -0.714. The van der Waals surface area contributed by atoms with Crippen molar-refractivity contribution in [2.24, 2.45) is 11.1 Å². The molecule has 0 radical (unpaired) electrons. The molecule has 5 heteroatoms. The van der Waals surface area contributed by atoms with Crippen LogP contribution in [0.4, 0.5) is 0 Å². The number of hydrogen-bond acceptors (Lipinski definition) is 3. The van der Waals surface area contributed by atoms with Gasteiger partial charge in [-0.1, -0.05) is 26.1 Å². The molecule has 1 saturated carbocycles. The first-order chi connectivity index (χ1) is 8.46. The highest BCUT2D eigenvalue weighted by atomic mass is 32.1. The highest BCUT2D eigenvalue weighted by molar-refractivity contribution is 7.80. The minimum Gasteiger partial charge on any atom is -0.392 e. The van der Waals surface area contributed by atoms with E-state index in [2.05, 4.69) is 5.32 Å². The van der Waals surface area contributed by atoms with Gasteiger partial charge in [-0.15, -0.1) is 0 Å². The number of carbonyl (C=O) groups is 1. The molecule has 1 fully saturated rings. The average molecular weight is 272 g/mol. The first kappa shape index (κ1) is 15.4. The molecule has 0 unspecified atom stereocenters. The zero-order chi connectivity index (χ0) is 13.8. The average Bonchev–Trinajstić information content (AvgIpc) is 2.30. The van der Waals surface area contributed by atoms with Gasteiger partial charge in [0, 0.05) is 13.7 Å². The fraction of sp³-hybridized carbons (Fsp3) is 0.846. The van der Waals surface area contributed by atoms with E-state index in [0.29, 0.717) is 19.4 Å². The molecule has 0 aromatic rings. The zero-order valence-electron chi connectivity index (χ0n) is 11.5. The molecule has 1 amide bonds. The number of methoxy groups -OCH3 is 1. The normalized spacial score (nSPS) is 17.9. The van der Waals surface area contributed by atoms with Crippen LogP contribution in [0.3, 0.4) is 0 Å². The second-order valence-corrected chi connectivity index (χ2v) is 5.52. The molecule has 0 aliphatic heterocycles. The molecule has 0 heterocycles. The summed E-state index contributed by atoms with van der Waals surface area (Å²) in [6.45, 7) is 4.43. The van der Waals surface area contributed by atoms with Gasteiger partial charge in [-0.2, -0.15) is 0 Å². The minimum absolute atomic E-state index is 0.0664. The van der Waals surface area contributed by atoms with E-state index in [9.17, 15) is 4.79 Å². The highest BCUT2D eigenvalue weighted by Gasteiger charge is 2.41. The van der Waals surface area contributed by atoms with E-state index in [1.54, 1.807) is 7.11 Å². The molecule has 104 valence electrons. The summed E-state index contributed by atoms with van der Waals surface area (Å²) in [7, 11) is 1.70. The Balaban J connectivity index is 2.65. The van der Waals surface area contributed by atoms with Gasteiger partial charge < -0.3 is 15.8 Å². The van der Waals surface area contributed by atoms with Gasteiger partial charge in [0.15, 0.2) is 0 Å². The Hall–Kier alpha value is -0.680. The standard InChI is InChI=1S/C13H24N2O2S/c1-4-13(5-2,10(14)18)11(16)15-9-12(17-3)7-6-8-12/h4-9H2,1-3H3,(H2,14,18)(H,15,16). The zero-order valence-corrected chi connectivity index (χ0v) is 12.4. The van der Waals surface area contributed by atoms with Gasteiger partial charge >= 0.3 is 0 Å². The number of nitrogens with two attached hydrogens (primary N) is 1. The molecular formula is C13H24N2O2S. The molecule has 0 aromatic heterocycles. The van der Waals surface area contributed by atoms with Crippen molar-refractivity contribution in [1.82, 2.24) is 5.32 Å². The highest BCUT2D eigenvalue weighted by Crippen LogP contribution is 2.35. The van der Waals surface area contributed by atoms with Gasteiger partial charge in [0.1, 0.15) is 0 Å². The fourth-order valence-corrected chi connectivity index (χ4v) is 2.85.